The summed E-state index contributed by atoms with van der Waals surface area (Å²) in [5.41, 5.74) is 0. The number of aliphatic carboxylic acids is 2. The number of aromatic nitrogens is 3. The molecule has 0 saturated heterocycles. The van der Waals surface area contributed by atoms with Gasteiger partial charge >= 0.3 is 11.9 Å². The number of carboxylic acids is 2. The lowest BCUT2D eigenvalue weighted by Gasteiger charge is -2.02. The molecule has 0 amide bonds. The molecule has 0 atom stereocenters. The molecule has 2 N–H and O–H groups in total. The first kappa shape index (κ1) is 18.7. The average molecular weight is 356 g/mol. The first-order valence-corrected chi connectivity index (χ1v) is 7.60. The second-order valence-corrected chi connectivity index (χ2v) is 5.41. The Bertz CT molecular complexity index is 687. The Morgan fingerprint density at radius 1 is 1.26 bits per heavy atom. The normalized spacial score (nSPS) is 10.2. The van der Waals surface area contributed by atoms with E-state index in [0.29, 0.717) is 17.2 Å². The Kier molecular flexibility index (Phi) is 7.86. The van der Waals surface area contributed by atoms with E-state index in [-0.39, 0.29) is 0 Å². The molecule has 122 valence electrons. The fourth-order valence-electron chi connectivity index (χ4n) is 1.29. The van der Waals surface area contributed by atoms with Gasteiger partial charge in [-0.3, -0.25) is 0 Å². The van der Waals surface area contributed by atoms with Crippen LogP contribution in [0.5, 0.6) is 0 Å². The zero-order valence-electron chi connectivity index (χ0n) is 12.1. The minimum atomic E-state index is -1.26. The van der Waals surface area contributed by atoms with E-state index in [2.05, 4.69) is 9.97 Å². The summed E-state index contributed by atoms with van der Waals surface area (Å²) in [6.45, 7) is 0. The lowest BCUT2D eigenvalue weighted by Crippen LogP contribution is -1.94. The summed E-state index contributed by atoms with van der Waals surface area (Å²) in [5, 5.41) is 17.2. The van der Waals surface area contributed by atoms with E-state index in [4.69, 9.17) is 21.8 Å². The van der Waals surface area contributed by atoms with Crippen molar-refractivity contribution in [3.05, 3.63) is 53.7 Å². The number of halogens is 1. The lowest BCUT2D eigenvalue weighted by molar-refractivity contribution is -0.134. The number of carbonyl (C=O) groups is 2. The van der Waals surface area contributed by atoms with E-state index >= 15 is 0 Å². The predicted octanol–water partition coefficient (Wildman–Crippen LogP) is 2.47. The van der Waals surface area contributed by atoms with E-state index in [0.717, 1.165) is 16.6 Å². The zero-order chi connectivity index (χ0) is 17.2. The van der Waals surface area contributed by atoms with Crippen molar-refractivity contribution in [1.29, 1.82) is 0 Å². The number of nitrogens with zero attached hydrogens (tertiary/aromatic N) is 3. The molecule has 0 aliphatic carbocycles. The van der Waals surface area contributed by atoms with Gasteiger partial charge in [0, 0.05) is 37.8 Å². The van der Waals surface area contributed by atoms with Crippen molar-refractivity contribution in [3.8, 4) is 0 Å². The summed E-state index contributed by atoms with van der Waals surface area (Å²) in [4.78, 5) is 27.5. The number of carboxylic acid groups (broad SMARTS) is 2. The van der Waals surface area contributed by atoms with Crippen molar-refractivity contribution in [2.45, 2.75) is 10.8 Å². The summed E-state index contributed by atoms with van der Waals surface area (Å²) in [7, 11) is 1.98. The first-order valence-electron chi connectivity index (χ1n) is 6.23. The van der Waals surface area contributed by atoms with Crippen LogP contribution >= 0.6 is 23.4 Å². The maximum Gasteiger partial charge on any atom is 0.328 e. The quantitative estimate of drug-likeness (QED) is 0.626. The molecule has 0 radical (unpaired) electrons. The summed E-state index contributed by atoms with van der Waals surface area (Å²) >= 11 is 7.59. The van der Waals surface area contributed by atoms with Crippen molar-refractivity contribution in [2.75, 3.05) is 0 Å². The third kappa shape index (κ3) is 7.48. The van der Waals surface area contributed by atoms with E-state index in [1.54, 1.807) is 24.2 Å². The van der Waals surface area contributed by atoms with Crippen molar-refractivity contribution < 1.29 is 19.8 Å². The van der Waals surface area contributed by atoms with Crippen LogP contribution in [0.3, 0.4) is 0 Å². The standard InChI is InChI=1S/C10H10ClN3S.C4H4O4/c1-14-6-5-12-9(14)7-15-10-8(11)3-2-4-13-10;5-3(6)1-2-4(7)8/h2-6H,7H2,1H3;1-2H,(H,5,6)(H,7,8)/b;2-1-. The topological polar surface area (TPSA) is 105 Å². The largest absolute Gasteiger partial charge is 0.478 e. The fourth-order valence-corrected chi connectivity index (χ4v) is 2.46. The van der Waals surface area contributed by atoms with Gasteiger partial charge in [-0.15, -0.1) is 0 Å². The van der Waals surface area contributed by atoms with Gasteiger partial charge in [-0.05, 0) is 12.1 Å². The Morgan fingerprint density at radius 2 is 1.91 bits per heavy atom. The first-order chi connectivity index (χ1) is 10.9. The molecule has 2 rings (SSSR count). The maximum atomic E-state index is 9.55. The number of hydrogen-bond acceptors (Lipinski definition) is 5. The van der Waals surface area contributed by atoms with Crippen molar-refractivity contribution in [3.63, 3.8) is 0 Å². The molecule has 2 heterocycles. The highest BCUT2D eigenvalue weighted by Gasteiger charge is 2.04. The lowest BCUT2D eigenvalue weighted by atomic mass is 10.5. The summed E-state index contributed by atoms with van der Waals surface area (Å²) in [5.74, 6) is -0.721. The molecule has 0 spiro atoms. The number of aryl methyl sites for hydroxylation is 1. The molecule has 0 aliphatic heterocycles. The van der Waals surface area contributed by atoms with Gasteiger partial charge in [0.25, 0.3) is 0 Å². The summed E-state index contributed by atoms with van der Waals surface area (Å²) in [6.07, 6.45) is 6.57. The van der Waals surface area contributed by atoms with Crippen LogP contribution in [0.2, 0.25) is 5.02 Å². The fraction of sp³-hybridized carbons (Fsp3) is 0.143. The van der Waals surface area contributed by atoms with Crippen molar-refractivity contribution >= 4 is 35.3 Å². The smallest absolute Gasteiger partial charge is 0.328 e. The van der Waals surface area contributed by atoms with Gasteiger partial charge in [-0.1, -0.05) is 23.4 Å². The van der Waals surface area contributed by atoms with Crippen molar-refractivity contribution in [1.82, 2.24) is 14.5 Å². The molecule has 0 bridgehead atoms. The molecular formula is C14H14ClN3O4S. The van der Waals surface area contributed by atoms with Gasteiger partial charge in [0.2, 0.25) is 0 Å². The number of pyridine rings is 1. The van der Waals surface area contributed by atoms with E-state index in [1.807, 2.05) is 29.9 Å². The molecule has 0 unspecified atom stereocenters. The van der Waals surface area contributed by atoms with Crippen LogP contribution in [0.1, 0.15) is 5.82 Å². The summed E-state index contributed by atoms with van der Waals surface area (Å²) in [6, 6.07) is 3.67. The van der Waals surface area contributed by atoms with Crippen LogP contribution in [0.4, 0.5) is 0 Å². The van der Waals surface area contributed by atoms with Gasteiger partial charge in [0.15, 0.2) is 0 Å². The number of imidazole rings is 1. The van der Waals surface area contributed by atoms with Gasteiger partial charge in [0.05, 0.1) is 10.8 Å². The zero-order valence-corrected chi connectivity index (χ0v) is 13.7. The Labute approximate surface area is 141 Å². The monoisotopic (exact) mass is 355 g/mol. The van der Waals surface area contributed by atoms with Crippen LogP contribution < -0.4 is 0 Å². The maximum absolute atomic E-state index is 9.55. The second-order valence-electron chi connectivity index (χ2n) is 4.04. The van der Waals surface area contributed by atoms with Crippen LogP contribution in [0, 0.1) is 0 Å². The number of hydrogen-bond donors (Lipinski definition) is 2. The predicted molar refractivity (Wildman–Crippen MR) is 86.4 cm³/mol. The van der Waals surface area contributed by atoms with E-state index in [1.165, 1.54) is 0 Å². The SMILES string of the molecule is Cn1ccnc1CSc1ncccc1Cl.O=C(O)/C=C\C(=O)O. The van der Waals surface area contributed by atoms with Crippen LogP contribution in [0.15, 0.2) is 47.9 Å². The van der Waals surface area contributed by atoms with Gasteiger partial charge in [-0.2, -0.15) is 0 Å². The Hall–Kier alpha value is -2.32. The number of rotatable bonds is 5. The highest BCUT2D eigenvalue weighted by Crippen LogP contribution is 2.26. The minimum Gasteiger partial charge on any atom is -0.478 e. The third-order valence-electron chi connectivity index (χ3n) is 2.35. The molecule has 0 fully saturated rings. The Morgan fingerprint density at radius 3 is 2.39 bits per heavy atom. The highest BCUT2D eigenvalue weighted by molar-refractivity contribution is 7.98. The molecule has 0 aliphatic rings. The van der Waals surface area contributed by atoms with Crippen LogP contribution in [-0.2, 0) is 22.4 Å². The number of thioether (sulfide) groups is 1. The minimum absolute atomic E-state index is 0.558. The molecule has 0 saturated carbocycles. The molecule has 9 heteroatoms. The molecule has 23 heavy (non-hydrogen) atoms. The molecular weight excluding hydrogens is 342 g/mol. The Balaban J connectivity index is 0.000000284. The second kappa shape index (κ2) is 9.65. The van der Waals surface area contributed by atoms with Crippen molar-refractivity contribution in [2.24, 2.45) is 7.05 Å². The average Bonchev–Trinajstić information content (AvgIpc) is 2.90. The van der Waals surface area contributed by atoms with Crippen LogP contribution in [-0.4, -0.2) is 36.7 Å². The summed E-state index contributed by atoms with van der Waals surface area (Å²) < 4.78 is 1.99. The van der Waals surface area contributed by atoms with E-state index < -0.39 is 11.9 Å². The van der Waals surface area contributed by atoms with Gasteiger partial charge in [-0.25, -0.2) is 19.6 Å². The molecule has 2 aromatic rings. The molecule has 0 aromatic carbocycles. The molecule has 7 nitrogen and oxygen atoms in total. The van der Waals surface area contributed by atoms with E-state index in [9.17, 15) is 9.59 Å². The third-order valence-corrected chi connectivity index (χ3v) is 3.77. The van der Waals surface area contributed by atoms with Gasteiger partial charge in [0.1, 0.15) is 10.9 Å². The molecule has 2 aromatic heterocycles. The highest BCUT2D eigenvalue weighted by atomic mass is 35.5. The van der Waals surface area contributed by atoms with Crippen LogP contribution in [0.25, 0.3) is 0 Å². The van der Waals surface area contributed by atoms with Gasteiger partial charge < -0.3 is 14.8 Å².